The van der Waals surface area contributed by atoms with Gasteiger partial charge in [-0.15, -0.1) is 0 Å². The van der Waals surface area contributed by atoms with E-state index in [1.165, 1.54) is 0 Å². The second kappa shape index (κ2) is 7.17. The minimum Gasteiger partial charge on any atom is -0.452 e. The lowest BCUT2D eigenvalue weighted by Crippen LogP contribution is -2.45. The number of carbonyl (C=O) groups excluding carboxylic acids is 1. The minimum absolute atomic E-state index is 0.148. The van der Waals surface area contributed by atoms with E-state index < -0.39 is 16.3 Å². The van der Waals surface area contributed by atoms with E-state index in [1.807, 2.05) is 13.8 Å². The van der Waals surface area contributed by atoms with Gasteiger partial charge in [-0.1, -0.05) is 29.8 Å². The van der Waals surface area contributed by atoms with Crippen LogP contribution in [0.2, 0.25) is 0 Å². The fourth-order valence-corrected chi connectivity index (χ4v) is 3.03. The molecule has 0 aromatic rings. The van der Waals surface area contributed by atoms with E-state index in [-0.39, 0.29) is 12.0 Å². The number of methoxy groups -OCH3 is 1. The van der Waals surface area contributed by atoms with Crippen molar-refractivity contribution in [3.63, 3.8) is 0 Å². The van der Waals surface area contributed by atoms with Crippen LogP contribution in [-0.2, 0) is 14.9 Å². The predicted octanol–water partition coefficient (Wildman–Crippen LogP) is 1.38. The molecule has 1 amide bonds. The van der Waals surface area contributed by atoms with Gasteiger partial charge >= 0.3 is 16.3 Å². The summed E-state index contributed by atoms with van der Waals surface area (Å²) in [6, 6.07) is 0. The van der Waals surface area contributed by atoms with E-state index in [4.69, 9.17) is 0 Å². The molecule has 0 radical (unpaired) electrons. The normalized spacial score (nSPS) is 12.2. The number of carbonyl (C=O) groups is 1. The Morgan fingerprint density at radius 2 is 1.88 bits per heavy atom. The average molecular weight is 331 g/mol. The van der Waals surface area contributed by atoms with Crippen molar-refractivity contribution in [3.8, 4) is 0 Å². The molecule has 0 bridgehead atoms. The molecular weight excluding hydrogens is 312 g/mol. The van der Waals surface area contributed by atoms with Crippen LogP contribution in [0.3, 0.4) is 0 Å². The van der Waals surface area contributed by atoms with Crippen LogP contribution < -0.4 is 9.44 Å². The maximum Gasteiger partial charge on any atom is 0.421 e. The zero-order valence-corrected chi connectivity index (χ0v) is 12.7. The molecule has 0 rings (SSSR count). The topological polar surface area (TPSA) is 84.5 Å². The van der Waals surface area contributed by atoms with Crippen molar-refractivity contribution in [1.82, 2.24) is 9.44 Å². The van der Waals surface area contributed by atoms with Gasteiger partial charge in [0.1, 0.15) is 0 Å². The third-order valence-electron chi connectivity index (χ3n) is 2.82. The van der Waals surface area contributed by atoms with E-state index >= 15 is 0 Å². The minimum atomic E-state index is -3.85. The summed E-state index contributed by atoms with van der Waals surface area (Å²) in [6.07, 6.45) is 0.653. The predicted molar refractivity (Wildman–Crippen MR) is 69.3 cm³/mol. The second-order valence-electron chi connectivity index (χ2n) is 3.76. The quantitative estimate of drug-likeness (QED) is 0.690. The van der Waals surface area contributed by atoms with Gasteiger partial charge < -0.3 is 4.74 Å². The van der Waals surface area contributed by atoms with Crippen molar-refractivity contribution in [3.05, 3.63) is 0 Å². The smallest absolute Gasteiger partial charge is 0.421 e. The Morgan fingerprint density at radius 3 is 2.24 bits per heavy atom. The summed E-state index contributed by atoms with van der Waals surface area (Å²) < 4.78 is 31.2. The molecular formula is C9H19BrN2O4S. The van der Waals surface area contributed by atoms with Gasteiger partial charge in [-0.25, -0.2) is 9.52 Å². The maximum atomic E-state index is 11.5. The van der Waals surface area contributed by atoms with E-state index in [1.54, 1.807) is 4.72 Å². The van der Waals surface area contributed by atoms with Gasteiger partial charge in [-0.05, 0) is 18.3 Å². The van der Waals surface area contributed by atoms with Crippen LogP contribution in [0.25, 0.3) is 0 Å². The Morgan fingerprint density at radius 1 is 1.35 bits per heavy atom. The number of amides is 1. The van der Waals surface area contributed by atoms with Crippen LogP contribution in [-0.4, -0.2) is 33.5 Å². The van der Waals surface area contributed by atoms with Gasteiger partial charge in [-0.3, -0.25) is 0 Å². The van der Waals surface area contributed by atoms with E-state index in [0.717, 1.165) is 20.0 Å². The SMILES string of the molecule is CCC(CC)(CBr)CNS(=O)(=O)NC(=O)OC. The molecule has 0 aliphatic carbocycles. The third kappa shape index (κ3) is 5.69. The lowest BCUT2D eigenvalue weighted by molar-refractivity contribution is 0.177. The van der Waals surface area contributed by atoms with Crippen LogP contribution >= 0.6 is 15.9 Å². The summed E-state index contributed by atoms with van der Waals surface area (Å²) in [5.74, 6) is 0. The highest BCUT2D eigenvalue weighted by molar-refractivity contribution is 9.09. The molecule has 102 valence electrons. The van der Waals surface area contributed by atoms with Crippen LogP contribution in [0.5, 0.6) is 0 Å². The van der Waals surface area contributed by atoms with Gasteiger partial charge in [0.05, 0.1) is 7.11 Å². The van der Waals surface area contributed by atoms with Crippen molar-refractivity contribution >= 4 is 32.2 Å². The first-order valence-electron chi connectivity index (χ1n) is 5.26. The average Bonchev–Trinajstić information content (AvgIpc) is 2.31. The molecule has 0 saturated heterocycles. The number of hydrogen-bond acceptors (Lipinski definition) is 4. The molecule has 6 nitrogen and oxygen atoms in total. The van der Waals surface area contributed by atoms with Crippen molar-refractivity contribution in [2.75, 3.05) is 19.0 Å². The molecule has 0 aromatic carbocycles. The number of rotatable bonds is 7. The van der Waals surface area contributed by atoms with E-state index in [2.05, 4.69) is 25.4 Å². The Kier molecular flexibility index (Phi) is 7.03. The molecule has 0 aromatic heterocycles. The van der Waals surface area contributed by atoms with Crippen LogP contribution in [0, 0.1) is 5.41 Å². The molecule has 0 aliphatic heterocycles. The molecule has 0 heterocycles. The summed E-state index contributed by atoms with van der Waals surface area (Å²) in [5, 5.41) is 0.688. The highest BCUT2D eigenvalue weighted by atomic mass is 79.9. The first-order valence-corrected chi connectivity index (χ1v) is 7.86. The number of hydrogen-bond donors (Lipinski definition) is 2. The van der Waals surface area contributed by atoms with Crippen molar-refractivity contribution in [1.29, 1.82) is 0 Å². The summed E-state index contributed by atoms with van der Waals surface area (Å²) in [6.45, 7) is 4.25. The summed E-state index contributed by atoms with van der Waals surface area (Å²) in [4.78, 5) is 10.8. The Labute approximate surface area is 111 Å². The largest absolute Gasteiger partial charge is 0.452 e. The van der Waals surface area contributed by atoms with Gasteiger partial charge in [0.2, 0.25) is 0 Å². The lowest BCUT2D eigenvalue weighted by atomic mass is 9.85. The van der Waals surface area contributed by atoms with Crippen LogP contribution in [0.1, 0.15) is 26.7 Å². The van der Waals surface area contributed by atoms with Gasteiger partial charge in [0.15, 0.2) is 0 Å². The zero-order chi connectivity index (χ0) is 13.5. The standard InChI is InChI=1S/C9H19BrN2O4S/c1-4-9(5-2,6-10)7-11-17(14,15)12-8(13)16-3/h11H,4-7H2,1-3H3,(H,12,13). The van der Waals surface area contributed by atoms with Crippen molar-refractivity contribution in [2.24, 2.45) is 5.41 Å². The number of halogens is 1. The van der Waals surface area contributed by atoms with Crippen LogP contribution in [0.15, 0.2) is 0 Å². The highest BCUT2D eigenvalue weighted by Crippen LogP contribution is 2.27. The molecule has 0 fully saturated rings. The van der Waals surface area contributed by atoms with Crippen molar-refractivity contribution < 1.29 is 17.9 Å². The third-order valence-corrected chi connectivity index (χ3v) is 4.97. The summed E-state index contributed by atoms with van der Waals surface area (Å²) in [5.41, 5.74) is -0.148. The molecule has 17 heavy (non-hydrogen) atoms. The van der Waals surface area contributed by atoms with Gasteiger partial charge in [0.25, 0.3) is 0 Å². The number of alkyl halides is 1. The molecule has 0 unspecified atom stereocenters. The fourth-order valence-electron chi connectivity index (χ4n) is 1.17. The summed E-state index contributed by atoms with van der Waals surface area (Å²) >= 11 is 3.38. The van der Waals surface area contributed by atoms with Gasteiger partial charge in [-0.2, -0.15) is 13.1 Å². The molecule has 0 aliphatic rings. The first-order chi connectivity index (χ1) is 7.84. The Hall–Kier alpha value is -0.340. The Bertz CT molecular complexity index is 333. The van der Waals surface area contributed by atoms with E-state index in [0.29, 0.717) is 5.33 Å². The van der Waals surface area contributed by atoms with Gasteiger partial charge in [0, 0.05) is 11.9 Å². The van der Waals surface area contributed by atoms with Crippen molar-refractivity contribution in [2.45, 2.75) is 26.7 Å². The number of ether oxygens (including phenoxy) is 1. The van der Waals surface area contributed by atoms with Crippen LogP contribution in [0.4, 0.5) is 4.79 Å². The molecule has 0 saturated carbocycles. The maximum absolute atomic E-state index is 11.5. The first kappa shape index (κ1) is 16.7. The molecule has 0 spiro atoms. The Balaban J connectivity index is 4.49. The monoisotopic (exact) mass is 330 g/mol. The summed E-state index contributed by atoms with van der Waals surface area (Å²) in [7, 11) is -2.75. The lowest BCUT2D eigenvalue weighted by Gasteiger charge is -2.29. The molecule has 8 heteroatoms. The van der Waals surface area contributed by atoms with E-state index in [9.17, 15) is 13.2 Å². The second-order valence-corrected chi connectivity index (χ2v) is 5.82. The molecule has 2 N–H and O–H groups in total. The number of nitrogens with one attached hydrogen (secondary N) is 2. The zero-order valence-electron chi connectivity index (χ0n) is 10.2. The fraction of sp³-hybridized carbons (Fsp3) is 0.889. The highest BCUT2D eigenvalue weighted by Gasteiger charge is 2.27. The molecule has 0 atom stereocenters.